The maximum absolute atomic E-state index is 10.9. The molecule has 0 aromatic heterocycles. The highest BCUT2D eigenvalue weighted by atomic mass is 17.2. The molecule has 1 aliphatic heterocycles. The molecule has 3 unspecified atom stereocenters. The molecule has 0 N–H and O–H groups in total. The number of hydrogen-bond acceptors (Lipinski definition) is 5. The number of unbranched alkanes of at least 4 members (excludes halogenated alkanes) is 9. The highest BCUT2D eigenvalue weighted by molar-refractivity contribution is 5.68. The minimum atomic E-state index is -1.15. The molecule has 0 aromatic rings. The van der Waals surface area contributed by atoms with Crippen LogP contribution in [0.15, 0.2) is 12.2 Å². The molecule has 0 aromatic carbocycles. The predicted octanol–water partition coefficient (Wildman–Crippen LogP) is 3.91. The van der Waals surface area contributed by atoms with E-state index in [4.69, 9.17) is 14.5 Å². The van der Waals surface area contributed by atoms with E-state index in [9.17, 15) is 9.90 Å². The lowest BCUT2D eigenvalue weighted by Crippen LogP contribution is -2.43. The van der Waals surface area contributed by atoms with E-state index in [1.807, 2.05) is 0 Å². The Kier molecular flexibility index (Phi) is 11.0. The van der Waals surface area contributed by atoms with Gasteiger partial charge in [0, 0.05) is 25.4 Å². The van der Waals surface area contributed by atoms with Crippen molar-refractivity contribution in [1.82, 2.24) is 0 Å². The molecule has 5 heteroatoms. The Labute approximate surface area is 152 Å². The normalized spacial score (nSPS) is 24.4. The predicted molar refractivity (Wildman–Crippen MR) is 95.5 cm³/mol. The van der Waals surface area contributed by atoms with Crippen molar-refractivity contribution in [2.24, 2.45) is 5.92 Å². The molecule has 0 saturated carbocycles. The summed E-state index contributed by atoms with van der Waals surface area (Å²) in [5.74, 6) is -2.82. The number of rotatable bonds is 14. The van der Waals surface area contributed by atoms with E-state index < -0.39 is 23.8 Å². The highest BCUT2D eigenvalue weighted by Crippen LogP contribution is 2.29. The van der Waals surface area contributed by atoms with Crippen molar-refractivity contribution in [3.63, 3.8) is 0 Å². The van der Waals surface area contributed by atoms with E-state index >= 15 is 0 Å². The summed E-state index contributed by atoms with van der Waals surface area (Å²) in [5.41, 5.74) is 0. The number of carboxylic acids is 1. The Morgan fingerprint density at radius 1 is 1.12 bits per heavy atom. The van der Waals surface area contributed by atoms with Gasteiger partial charge in [0.1, 0.15) is 6.10 Å². The van der Waals surface area contributed by atoms with Gasteiger partial charge in [0.2, 0.25) is 5.79 Å². The zero-order valence-corrected chi connectivity index (χ0v) is 16.1. The Bertz CT molecular complexity index is 396. The number of ether oxygens (including phenoxy) is 1. The van der Waals surface area contributed by atoms with Gasteiger partial charge in [-0.3, -0.25) is 0 Å². The SMILES string of the molecule is CCCCCCCCCCCCC1(OC)C=CC(C(C)C(=O)[O-])OO1. The fourth-order valence-electron chi connectivity index (χ4n) is 3.01. The zero-order chi connectivity index (χ0) is 18.5. The lowest BCUT2D eigenvalue weighted by molar-refractivity contribution is -0.434. The quantitative estimate of drug-likeness (QED) is 0.268. The van der Waals surface area contributed by atoms with Crippen molar-refractivity contribution in [1.29, 1.82) is 0 Å². The van der Waals surface area contributed by atoms with Crippen LogP contribution in [-0.4, -0.2) is 25.0 Å². The first kappa shape index (κ1) is 22.1. The molecule has 0 radical (unpaired) electrons. The van der Waals surface area contributed by atoms with Gasteiger partial charge in [0.15, 0.2) is 0 Å². The molecule has 0 aliphatic carbocycles. The van der Waals surface area contributed by atoms with Crippen LogP contribution in [0.3, 0.4) is 0 Å². The molecule has 0 spiro atoms. The summed E-state index contributed by atoms with van der Waals surface area (Å²) < 4.78 is 5.45. The summed E-state index contributed by atoms with van der Waals surface area (Å²) >= 11 is 0. The number of aliphatic carboxylic acids is 1. The fraction of sp³-hybridized carbons (Fsp3) is 0.850. The highest BCUT2D eigenvalue weighted by Gasteiger charge is 2.35. The van der Waals surface area contributed by atoms with Gasteiger partial charge in [0.25, 0.3) is 0 Å². The maximum Gasteiger partial charge on any atom is 0.220 e. The monoisotopic (exact) mass is 355 g/mol. The molecule has 5 nitrogen and oxygen atoms in total. The Morgan fingerprint density at radius 3 is 2.12 bits per heavy atom. The van der Waals surface area contributed by atoms with Crippen LogP contribution in [0, 0.1) is 5.92 Å². The Hall–Kier alpha value is -0.910. The van der Waals surface area contributed by atoms with E-state index in [2.05, 4.69) is 6.92 Å². The van der Waals surface area contributed by atoms with Crippen LogP contribution >= 0.6 is 0 Å². The molecule has 146 valence electrons. The summed E-state index contributed by atoms with van der Waals surface area (Å²) in [6.07, 6.45) is 16.2. The molecule has 0 amide bonds. The first-order valence-electron chi connectivity index (χ1n) is 9.84. The van der Waals surface area contributed by atoms with E-state index in [1.54, 1.807) is 19.3 Å². The minimum Gasteiger partial charge on any atom is -0.550 e. The number of hydrogen-bond donors (Lipinski definition) is 0. The molecular weight excluding hydrogens is 320 g/mol. The van der Waals surface area contributed by atoms with Crippen LogP contribution in [0.4, 0.5) is 0 Å². The topological polar surface area (TPSA) is 67.8 Å². The van der Waals surface area contributed by atoms with Gasteiger partial charge in [0.05, 0.1) is 0 Å². The number of carboxylic acid groups (broad SMARTS) is 1. The van der Waals surface area contributed by atoms with Crippen molar-refractivity contribution in [2.75, 3.05) is 7.11 Å². The van der Waals surface area contributed by atoms with Gasteiger partial charge in [-0.05, 0) is 12.5 Å². The average Bonchev–Trinajstić information content (AvgIpc) is 2.63. The molecule has 0 bridgehead atoms. The van der Waals surface area contributed by atoms with Gasteiger partial charge >= 0.3 is 0 Å². The van der Waals surface area contributed by atoms with Crippen LogP contribution in [0.5, 0.6) is 0 Å². The van der Waals surface area contributed by atoms with Gasteiger partial charge in [-0.25, -0.2) is 4.89 Å². The lowest BCUT2D eigenvalue weighted by Gasteiger charge is -2.35. The van der Waals surface area contributed by atoms with Gasteiger partial charge in [-0.1, -0.05) is 77.7 Å². The van der Waals surface area contributed by atoms with Gasteiger partial charge in [-0.15, -0.1) is 0 Å². The molecule has 25 heavy (non-hydrogen) atoms. The van der Waals surface area contributed by atoms with Crippen LogP contribution in [0.1, 0.15) is 84.5 Å². The summed E-state index contributed by atoms with van der Waals surface area (Å²) in [6, 6.07) is 0. The Balaban J connectivity index is 2.18. The number of carbonyl (C=O) groups is 1. The zero-order valence-electron chi connectivity index (χ0n) is 16.1. The number of carbonyl (C=O) groups excluding carboxylic acids is 1. The summed E-state index contributed by atoms with van der Waals surface area (Å²) in [6.45, 7) is 3.78. The fourth-order valence-corrected chi connectivity index (χ4v) is 3.01. The van der Waals surface area contributed by atoms with Crippen LogP contribution in [0.25, 0.3) is 0 Å². The summed E-state index contributed by atoms with van der Waals surface area (Å²) in [7, 11) is 1.58. The standard InChI is InChI=1S/C20H36O5/c1-4-5-6-7-8-9-10-11-12-13-15-20(23-3)16-14-18(24-25-20)17(2)19(21)22/h14,16-18H,4-13,15H2,1-3H3,(H,21,22)/p-1. The largest absolute Gasteiger partial charge is 0.550 e. The van der Waals surface area contributed by atoms with Gasteiger partial charge < -0.3 is 14.6 Å². The molecule has 1 aliphatic rings. The van der Waals surface area contributed by atoms with E-state index in [-0.39, 0.29) is 0 Å². The van der Waals surface area contributed by atoms with Crippen molar-refractivity contribution < 1.29 is 24.4 Å². The van der Waals surface area contributed by atoms with Crippen LogP contribution in [0.2, 0.25) is 0 Å². The second-order valence-electron chi connectivity index (χ2n) is 7.06. The van der Waals surface area contributed by atoms with E-state index in [0.29, 0.717) is 6.42 Å². The van der Waals surface area contributed by atoms with Crippen LogP contribution in [-0.2, 0) is 19.3 Å². The Morgan fingerprint density at radius 2 is 1.68 bits per heavy atom. The third-order valence-electron chi connectivity index (χ3n) is 4.93. The molecule has 0 fully saturated rings. The summed E-state index contributed by atoms with van der Waals surface area (Å²) in [4.78, 5) is 21.5. The number of methoxy groups -OCH3 is 1. The second kappa shape index (κ2) is 12.4. The van der Waals surface area contributed by atoms with Crippen molar-refractivity contribution in [2.45, 2.75) is 96.4 Å². The van der Waals surface area contributed by atoms with Crippen molar-refractivity contribution >= 4 is 5.97 Å². The lowest BCUT2D eigenvalue weighted by atomic mass is 10.00. The third-order valence-corrected chi connectivity index (χ3v) is 4.93. The summed E-state index contributed by atoms with van der Waals surface area (Å²) in [5, 5.41) is 10.9. The first-order valence-corrected chi connectivity index (χ1v) is 9.84. The van der Waals surface area contributed by atoms with Gasteiger partial charge in [-0.2, -0.15) is 4.89 Å². The molecule has 3 atom stereocenters. The average molecular weight is 355 g/mol. The molecule has 0 saturated heterocycles. The van der Waals surface area contributed by atoms with Crippen molar-refractivity contribution in [3.05, 3.63) is 12.2 Å². The first-order chi connectivity index (χ1) is 12.0. The second-order valence-corrected chi connectivity index (χ2v) is 7.06. The van der Waals surface area contributed by atoms with E-state index in [0.717, 1.165) is 12.8 Å². The third kappa shape index (κ3) is 8.34. The molecule has 1 rings (SSSR count). The maximum atomic E-state index is 10.9. The van der Waals surface area contributed by atoms with Crippen LogP contribution < -0.4 is 5.11 Å². The minimum absolute atomic E-state index is 0.638. The van der Waals surface area contributed by atoms with E-state index in [1.165, 1.54) is 58.3 Å². The smallest absolute Gasteiger partial charge is 0.220 e. The molecule has 1 heterocycles. The molecular formula is C20H35O5-. The van der Waals surface area contributed by atoms with Crippen molar-refractivity contribution in [3.8, 4) is 0 Å².